The second-order valence-electron chi connectivity index (χ2n) is 5.98. The number of piperidine rings is 1. The predicted octanol–water partition coefficient (Wildman–Crippen LogP) is 3.19. The van der Waals surface area contributed by atoms with Gasteiger partial charge < -0.3 is 15.0 Å². The zero-order valence-electron chi connectivity index (χ0n) is 13.1. The van der Waals surface area contributed by atoms with Crippen molar-refractivity contribution in [1.82, 2.24) is 5.32 Å². The molecule has 0 aliphatic carbocycles. The van der Waals surface area contributed by atoms with Gasteiger partial charge in [0.15, 0.2) is 0 Å². The fourth-order valence-corrected chi connectivity index (χ4v) is 2.95. The monoisotopic (exact) mass is 276 g/mol. The average molecular weight is 276 g/mol. The van der Waals surface area contributed by atoms with Crippen molar-refractivity contribution in [2.24, 2.45) is 0 Å². The molecule has 1 unspecified atom stereocenters. The molecular formula is C17H28N2O. The van der Waals surface area contributed by atoms with Crippen molar-refractivity contribution in [3.8, 4) is 0 Å². The number of hydrogen-bond acceptors (Lipinski definition) is 3. The standard InChI is InChI=1S/C17H28N2O/c1-4-11-18-13-15-8-5-6-9-16(15)19-12-7-10-17(2,14-19)20-3/h5-6,8-9,18H,4,7,10-14H2,1-3H3. The Hall–Kier alpha value is -1.06. The molecule has 0 saturated carbocycles. The lowest BCUT2D eigenvalue weighted by Crippen LogP contribution is -2.47. The minimum absolute atomic E-state index is 0.0117. The number of hydrogen-bond donors (Lipinski definition) is 1. The number of ether oxygens (including phenoxy) is 1. The Morgan fingerprint density at radius 1 is 1.35 bits per heavy atom. The number of para-hydroxylation sites is 1. The predicted molar refractivity (Wildman–Crippen MR) is 85.3 cm³/mol. The van der Waals surface area contributed by atoms with E-state index in [-0.39, 0.29) is 5.60 Å². The lowest BCUT2D eigenvalue weighted by Gasteiger charge is -2.41. The SMILES string of the molecule is CCCNCc1ccccc1N1CCCC(C)(OC)C1. The maximum Gasteiger partial charge on any atom is 0.0825 e. The molecule has 0 spiro atoms. The summed E-state index contributed by atoms with van der Waals surface area (Å²) in [6.07, 6.45) is 3.52. The molecule has 0 bridgehead atoms. The summed E-state index contributed by atoms with van der Waals surface area (Å²) in [6, 6.07) is 8.74. The number of rotatable bonds is 6. The summed E-state index contributed by atoms with van der Waals surface area (Å²) in [7, 11) is 1.83. The Labute approximate surface area is 123 Å². The number of nitrogens with one attached hydrogen (secondary N) is 1. The van der Waals surface area contributed by atoms with Gasteiger partial charge in [-0.3, -0.25) is 0 Å². The number of anilines is 1. The molecule has 1 aliphatic heterocycles. The van der Waals surface area contributed by atoms with E-state index >= 15 is 0 Å². The third-order valence-corrected chi connectivity index (χ3v) is 4.23. The molecule has 0 radical (unpaired) electrons. The van der Waals surface area contributed by atoms with E-state index in [0.29, 0.717) is 0 Å². The van der Waals surface area contributed by atoms with Gasteiger partial charge in [0.2, 0.25) is 0 Å². The fraction of sp³-hybridized carbons (Fsp3) is 0.647. The first-order valence-corrected chi connectivity index (χ1v) is 7.77. The molecule has 1 heterocycles. The van der Waals surface area contributed by atoms with Crippen LogP contribution in [0.25, 0.3) is 0 Å². The topological polar surface area (TPSA) is 24.5 Å². The molecule has 1 aromatic rings. The van der Waals surface area contributed by atoms with E-state index in [1.807, 2.05) is 7.11 Å². The van der Waals surface area contributed by atoms with Gasteiger partial charge in [0.05, 0.1) is 5.60 Å². The number of methoxy groups -OCH3 is 1. The largest absolute Gasteiger partial charge is 0.377 e. The smallest absolute Gasteiger partial charge is 0.0825 e. The highest BCUT2D eigenvalue weighted by atomic mass is 16.5. The van der Waals surface area contributed by atoms with Gasteiger partial charge in [-0.1, -0.05) is 25.1 Å². The summed E-state index contributed by atoms with van der Waals surface area (Å²) in [5.74, 6) is 0. The molecular weight excluding hydrogens is 248 g/mol. The Bertz CT molecular complexity index is 421. The molecule has 3 heteroatoms. The van der Waals surface area contributed by atoms with Crippen LogP contribution in [0.3, 0.4) is 0 Å². The fourth-order valence-electron chi connectivity index (χ4n) is 2.95. The van der Waals surface area contributed by atoms with Crippen molar-refractivity contribution in [2.75, 3.05) is 31.6 Å². The molecule has 3 nitrogen and oxygen atoms in total. The Balaban J connectivity index is 2.11. The Kier molecular flexibility index (Phi) is 5.44. The first kappa shape index (κ1) is 15.3. The zero-order valence-corrected chi connectivity index (χ0v) is 13.1. The van der Waals surface area contributed by atoms with E-state index in [9.17, 15) is 0 Å². The summed E-state index contributed by atoms with van der Waals surface area (Å²) in [5, 5.41) is 3.51. The molecule has 20 heavy (non-hydrogen) atoms. The van der Waals surface area contributed by atoms with E-state index < -0.39 is 0 Å². The first-order valence-electron chi connectivity index (χ1n) is 7.77. The van der Waals surface area contributed by atoms with E-state index in [1.54, 1.807) is 0 Å². The van der Waals surface area contributed by atoms with Crippen LogP contribution < -0.4 is 10.2 Å². The van der Waals surface area contributed by atoms with Crippen LogP contribution in [0.5, 0.6) is 0 Å². The Morgan fingerprint density at radius 2 is 2.15 bits per heavy atom. The molecule has 1 aliphatic rings. The molecule has 112 valence electrons. The molecule has 2 rings (SSSR count). The van der Waals surface area contributed by atoms with Gasteiger partial charge in [-0.15, -0.1) is 0 Å². The van der Waals surface area contributed by atoms with Crippen molar-refractivity contribution >= 4 is 5.69 Å². The second-order valence-corrected chi connectivity index (χ2v) is 5.98. The molecule has 1 N–H and O–H groups in total. The third-order valence-electron chi connectivity index (χ3n) is 4.23. The summed E-state index contributed by atoms with van der Waals surface area (Å²) in [6.45, 7) is 8.55. The lowest BCUT2D eigenvalue weighted by molar-refractivity contribution is -0.00468. The van der Waals surface area contributed by atoms with E-state index in [4.69, 9.17) is 4.74 Å². The van der Waals surface area contributed by atoms with Crippen LogP contribution in [0.2, 0.25) is 0 Å². The van der Waals surface area contributed by atoms with Gasteiger partial charge >= 0.3 is 0 Å². The van der Waals surface area contributed by atoms with Crippen molar-refractivity contribution in [3.63, 3.8) is 0 Å². The molecule has 1 atom stereocenters. The van der Waals surface area contributed by atoms with E-state index in [1.165, 1.54) is 24.1 Å². The summed E-state index contributed by atoms with van der Waals surface area (Å²) < 4.78 is 5.71. The molecule has 0 aromatic heterocycles. The van der Waals surface area contributed by atoms with Crippen LogP contribution in [0.4, 0.5) is 5.69 Å². The van der Waals surface area contributed by atoms with Crippen LogP contribution >= 0.6 is 0 Å². The summed E-state index contributed by atoms with van der Waals surface area (Å²) in [4.78, 5) is 2.48. The maximum atomic E-state index is 5.71. The van der Waals surface area contributed by atoms with Gasteiger partial charge in [0, 0.05) is 32.4 Å². The van der Waals surface area contributed by atoms with Crippen LogP contribution in [-0.2, 0) is 11.3 Å². The van der Waals surface area contributed by atoms with Crippen molar-refractivity contribution in [3.05, 3.63) is 29.8 Å². The van der Waals surface area contributed by atoms with Crippen molar-refractivity contribution in [2.45, 2.75) is 45.3 Å². The lowest BCUT2D eigenvalue weighted by atomic mass is 9.94. The van der Waals surface area contributed by atoms with Crippen LogP contribution in [-0.4, -0.2) is 32.3 Å². The second kappa shape index (κ2) is 7.09. The van der Waals surface area contributed by atoms with Gasteiger partial charge in [-0.05, 0) is 44.4 Å². The average Bonchev–Trinajstić information content (AvgIpc) is 2.48. The van der Waals surface area contributed by atoms with Crippen LogP contribution in [0.15, 0.2) is 24.3 Å². The van der Waals surface area contributed by atoms with Gasteiger partial charge in [0.1, 0.15) is 0 Å². The van der Waals surface area contributed by atoms with Crippen molar-refractivity contribution < 1.29 is 4.74 Å². The van der Waals surface area contributed by atoms with E-state index in [0.717, 1.165) is 32.6 Å². The molecule has 1 fully saturated rings. The summed E-state index contributed by atoms with van der Waals surface area (Å²) in [5.41, 5.74) is 2.74. The molecule has 1 saturated heterocycles. The quantitative estimate of drug-likeness (QED) is 0.808. The highest BCUT2D eigenvalue weighted by molar-refractivity contribution is 5.54. The number of nitrogens with zero attached hydrogens (tertiary/aromatic N) is 1. The number of benzene rings is 1. The van der Waals surface area contributed by atoms with E-state index in [2.05, 4.69) is 48.3 Å². The van der Waals surface area contributed by atoms with Crippen LogP contribution in [0.1, 0.15) is 38.7 Å². The molecule has 0 amide bonds. The van der Waals surface area contributed by atoms with Gasteiger partial charge in [-0.25, -0.2) is 0 Å². The normalized spacial score (nSPS) is 23.1. The maximum absolute atomic E-state index is 5.71. The third kappa shape index (κ3) is 3.74. The first-order chi connectivity index (χ1) is 9.68. The van der Waals surface area contributed by atoms with Gasteiger partial charge in [0.25, 0.3) is 0 Å². The molecule has 1 aromatic carbocycles. The highest BCUT2D eigenvalue weighted by Crippen LogP contribution is 2.30. The zero-order chi connectivity index (χ0) is 14.4. The Morgan fingerprint density at radius 3 is 2.90 bits per heavy atom. The van der Waals surface area contributed by atoms with Crippen LogP contribution in [0, 0.1) is 0 Å². The van der Waals surface area contributed by atoms with Crippen molar-refractivity contribution in [1.29, 1.82) is 0 Å². The minimum Gasteiger partial charge on any atom is -0.377 e. The highest BCUT2D eigenvalue weighted by Gasteiger charge is 2.31. The minimum atomic E-state index is -0.0117. The summed E-state index contributed by atoms with van der Waals surface area (Å²) >= 11 is 0. The van der Waals surface area contributed by atoms with Gasteiger partial charge in [-0.2, -0.15) is 0 Å².